The normalized spacial score (nSPS) is 5.86. The van der Waals surface area contributed by atoms with Crippen LogP contribution in [0.15, 0.2) is 0 Å². The molecule has 0 rings (SSSR count). The van der Waals surface area contributed by atoms with Gasteiger partial charge in [-0.15, -0.1) is 0 Å². The maximum atomic E-state index is 9.60. The van der Waals surface area contributed by atoms with Crippen LogP contribution in [0.3, 0.4) is 0 Å². The molecule has 228 valence electrons. The molecule has 0 aliphatic heterocycles. The molecule has 14 N–H and O–H groups in total. The molecule has 0 fully saturated rings. The van der Waals surface area contributed by atoms with E-state index in [9.17, 15) is 9.59 Å². The van der Waals surface area contributed by atoms with E-state index in [-0.39, 0.29) is 223 Å². The fraction of sp³-hybridized carbons (Fsp3) is 0.684. The van der Waals surface area contributed by atoms with Crippen molar-refractivity contribution < 1.29 is 276 Å². The summed E-state index contributed by atoms with van der Waals surface area (Å²) in [4.78, 5) is 55.0. The van der Waals surface area contributed by atoms with E-state index < -0.39 is 35.8 Å². The van der Waals surface area contributed by atoms with Crippen LogP contribution < -0.4 is 230 Å². The van der Waals surface area contributed by atoms with Gasteiger partial charge >= 0.3 is 219 Å². The Hall–Kier alpha value is 3.66. The summed E-state index contributed by atoms with van der Waals surface area (Å²) in [5.41, 5.74) is 19.6. The number of carbonyl (C=O) groups is 6. The molecule has 0 spiro atoms. The molecule has 0 saturated carbocycles. The molecule has 0 unspecified atom stereocenters. The van der Waals surface area contributed by atoms with Crippen molar-refractivity contribution in [3.8, 4) is 0 Å². The van der Waals surface area contributed by atoms with E-state index in [1.165, 1.54) is 0 Å². The zero-order chi connectivity index (χ0) is 30.4. The molecule has 42 heavy (non-hydrogen) atoms. The van der Waals surface area contributed by atoms with Crippen molar-refractivity contribution in [2.45, 2.75) is 60.8 Å². The first-order chi connectivity index (χ1) is 15.8. The van der Waals surface area contributed by atoms with Gasteiger partial charge in [-0.05, 0) is 6.42 Å². The molecule has 0 atom stereocenters. The van der Waals surface area contributed by atoms with E-state index in [0.717, 1.165) is 34.1 Å². The van der Waals surface area contributed by atoms with E-state index in [0.29, 0.717) is 32.6 Å². The van der Waals surface area contributed by atoms with Crippen molar-refractivity contribution in [1.29, 1.82) is 0 Å². The van der Waals surface area contributed by atoms with Gasteiger partial charge in [-0.1, -0.05) is 13.8 Å². The minimum Gasteiger partial charge on any atom is -1.00 e. The second-order valence-electron chi connectivity index (χ2n) is 5.12. The molecule has 23 heteroatoms. The predicted molar refractivity (Wildman–Crippen MR) is 138 cm³/mol. The quantitative estimate of drug-likeness (QED) is 0.120. The number of rotatable bonds is 5. The van der Waals surface area contributed by atoms with E-state index in [1.54, 1.807) is 6.92 Å². The van der Waals surface area contributed by atoms with Crippen LogP contribution in [0.25, 0.3) is 0 Å². The van der Waals surface area contributed by atoms with Gasteiger partial charge in [0.05, 0.1) is 0 Å². The zero-order valence-corrected chi connectivity index (χ0v) is 42.4. The summed E-state index contributed by atoms with van der Waals surface area (Å²) in [6.45, 7) is 10.2. The van der Waals surface area contributed by atoms with Crippen molar-refractivity contribution in [3.05, 3.63) is 0 Å². The van der Waals surface area contributed by atoms with Gasteiger partial charge in [-0.2, -0.15) is 0 Å². The summed E-state index contributed by atoms with van der Waals surface area (Å²) in [5, 5.41) is 45.3. The molecule has 0 aromatic heterocycles. The second kappa shape index (κ2) is 104. The standard InChI is InChI=1S/C4H8O2.C3H6O2.2C2H8N2.4C2H4O2.7Na.7H/c1-2-3-4(5)6;1-2-3(4)5;2*3-1-2-4;4*1-2(3)4;;;;;;;;;;;;;;/h2-3H2,1H3,(H,5,6);2H2,1H3,(H,4,5);2*1-4H2;4*1H3,(H,3,4);;;;;;;;;;;;;;/q;;;;;;;;7*+1;7*-1. The van der Waals surface area contributed by atoms with Gasteiger partial charge in [0.2, 0.25) is 0 Å². The van der Waals surface area contributed by atoms with Crippen LogP contribution in [0.1, 0.15) is 70.8 Å². The van der Waals surface area contributed by atoms with E-state index in [2.05, 4.69) is 0 Å². The molecule has 0 aliphatic carbocycles. The van der Waals surface area contributed by atoms with Crippen LogP contribution in [0, 0.1) is 0 Å². The van der Waals surface area contributed by atoms with Crippen molar-refractivity contribution in [3.63, 3.8) is 0 Å². The van der Waals surface area contributed by atoms with E-state index >= 15 is 0 Å². The largest absolute Gasteiger partial charge is 1.00 e. The summed E-state index contributed by atoms with van der Waals surface area (Å²) in [6, 6.07) is 0. The maximum Gasteiger partial charge on any atom is 1.00 e. The number of nitrogens with two attached hydrogens (primary N) is 4. The molecule has 0 aromatic rings. The Morgan fingerprint density at radius 3 is 0.571 bits per heavy atom. The molecular weight excluding hydrogens is 637 g/mol. The third-order valence-electron chi connectivity index (χ3n) is 1.10. The van der Waals surface area contributed by atoms with Crippen molar-refractivity contribution >= 4 is 35.8 Å². The van der Waals surface area contributed by atoms with Gasteiger partial charge in [-0.3, -0.25) is 28.8 Å². The van der Waals surface area contributed by atoms with Gasteiger partial charge in [0.1, 0.15) is 0 Å². The Balaban J connectivity index is -0.00000000820. The molecule has 0 radical (unpaired) electrons. The number of hydrogen-bond donors (Lipinski definition) is 10. The third kappa shape index (κ3) is 699. The van der Waals surface area contributed by atoms with Gasteiger partial charge in [0.15, 0.2) is 0 Å². The van der Waals surface area contributed by atoms with Gasteiger partial charge in [-0.25, -0.2) is 0 Å². The minimum atomic E-state index is -0.833. The van der Waals surface area contributed by atoms with E-state index in [1.807, 2.05) is 6.92 Å². The molecule has 16 nitrogen and oxygen atoms in total. The Bertz CT molecular complexity index is 475. The van der Waals surface area contributed by atoms with Gasteiger partial charge < -0.3 is 63.6 Å². The molecule has 0 bridgehead atoms. The molecule has 0 aliphatic rings. The third-order valence-corrected chi connectivity index (χ3v) is 1.10. The van der Waals surface area contributed by atoms with Gasteiger partial charge in [0.25, 0.3) is 23.9 Å². The number of hydrogen-bond acceptors (Lipinski definition) is 10. The maximum absolute atomic E-state index is 9.60. The van der Waals surface area contributed by atoms with Crippen molar-refractivity contribution in [2.24, 2.45) is 22.9 Å². The molecule has 0 amide bonds. The molecule has 0 aromatic carbocycles. The molecule has 0 saturated heterocycles. The van der Waals surface area contributed by atoms with E-state index in [4.69, 9.17) is 72.8 Å². The van der Waals surface area contributed by atoms with Crippen molar-refractivity contribution in [1.82, 2.24) is 0 Å². The molecule has 0 heterocycles. The Morgan fingerprint density at radius 2 is 0.571 bits per heavy atom. The Labute approximate surface area is 415 Å². The van der Waals surface area contributed by atoms with Crippen LogP contribution in [-0.2, 0) is 28.8 Å². The fourth-order valence-corrected chi connectivity index (χ4v) is 0.214. The SMILES string of the molecule is CC(=O)O.CC(=O)O.CC(=O)O.CC(=O)O.CCC(=O)O.CCCC(=O)O.NCCN.NCCN.[H-].[H-].[H-].[H-].[H-].[H-].[H-].[Na+].[Na+].[Na+].[Na+].[Na+].[Na+].[Na+]. The summed E-state index contributed by atoms with van der Waals surface area (Å²) in [5.74, 6) is -4.79. The summed E-state index contributed by atoms with van der Waals surface area (Å²) < 4.78 is 0. The summed E-state index contributed by atoms with van der Waals surface area (Å²) in [6.07, 6.45) is 1.25. The average molecular weight is 691 g/mol. The number of aliphatic carboxylic acids is 6. The zero-order valence-electron chi connectivity index (χ0n) is 35.4. The minimum absolute atomic E-state index is 0. The fourth-order valence-electron chi connectivity index (χ4n) is 0.214. The number of carboxylic acids is 6. The van der Waals surface area contributed by atoms with Crippen LogP contribution in [0.2, 0.25) is 0 Å². The second-order valence-corrected chi connectivity index (χ2v) is 5.12. The Morgan fingerprint density at radius 1 is 0.452 bits per heavy atom. The number of carboxylic acid groups (broad SMARTS) is 6. The van der Waals surface area contributed by atoms with Crippen LogP contribution in [0.4, 0.5) is 0 Å². The first kappa shape index (κ1) is 96.9. The summed E-state index contributed by atoms with van der Waals surface area (Å²) >= 11 is 0. The van der Waals surface area contributed by atoms with Crippen LogP contribution in [-0.4, -0.2) is 92.6 Å². The summed E-state index contributed by atoms with van der Waals surface area (Å²) in [7, 11) is 0. The monoisotopic (exact) mass is 690 g/mol. The average Bonchev–Trinajstić information content (AvgIpc) is 2.67. The first-order valence-electron chi connectivity index (χ1n) is 9.82. The first-order valence-corrected chi connectivity index (χ1v) is 9.82. The topological polar surface area (TPSA) is 328 Å². The van der Waals surface area contributed by atoms with Gasteiger partial charge in [0, 0.05) is 66.7 Å². The van der Waals surface area contributed by atoms with Crippen molar-refractivity contribution in [2.75, 3.05) is 26.2 Å². The van der Waals surface area contributed by atoms with Crippen LogP contribution in [0.5, 0.6) is 0 Å². The smallest absolute Gasteiger partial charge is 1.00 e. The van der Waals surface area contributed by atoms with Crippen LogP contribution >= 0.6 is 0 Å². The molecular formula is C19H53N4Na7O12. The Kier molecular flexibility index (Phi) is 239. The predicted octanol–water partition coefficient (Wildman–Crippen LogP) is -20.7.